The highest BCUT2D eigenvalue weighted by Gasteiger charge is 2.17. The molecule has 2 rings (SSSR count). The van der Waals surface area contributed by atoms with Gasteiger partial charge >= 0.3 is 5.97 Å². The lowest BCUT2D eigenvalue weighted by molar-refractivity contribution is -0.137. The van der Waals surface area contributed by atoms with Crippen LogP contribution < -0.4 is 0 Å². The molecule has 5 nitrogen and oxygen atoms in total. The fourth-order valence-corrected chi connectivity index (χ4v) is 2.93. The molecule has 0 fully saturated rings. The number of unbranched alkanes of at least 4 members (excludes halogenated alkanes) is 2. The number of para-hydroxylation sites is 1. The number of carbonyl (C=O) groups is 2. The Hall–Kier alpha value is -2.30. The number of carboxylic acids is 1. The summed E-state index contributed by atoms with van der Waals surface area (Å²) in [6, 6.07) is 7.94. The fraction of sp³-hybridized carbons (Fsp3) is 0.500. The average molecular weight is 345 g/mol. The number of hydrogen-bond donors (Lipinski definition) is 1. The normalized spacial score (nSPS) is 11.0. The van der Waals surface area contributed by atoms with E-state index in [0.29, 0.717) is 25.8 Å². The molecule has 1 N–H and O–H groups in total. The highest BCUT2D eigenvalue weighted by Crippen LogP contribution is 2.28. The standard InChI is InChI=1S/C20H27NO4/c1-3-4-10-18-16(15-9-5-6-11-17(15)25-18)14-21(2)19(22)12-7-8-13-20(23)24/h5-6,9,11H,3-4,7-8,10,12-14H2,1-2H3,(H,23,24). The van der Waals surface area contributed by atoms with Gasteiger partial charge in [0.05, 0.1) is 0 Å². The summed E-state index contributed by atoms with van der Waals surface area (Å²) in [4.78, 5) is 24.6. The van der Waals surface area contributed by atoms with Gasteiger partial charge in [0, 0.05) is 43.8 Å². The maximum absolute atomic E-state index is 12.3. The number of fused-ring (bicyclic) bond motifs is 1. The smallest absolute Gasteiger partial charge is 0.303 e. The number of aryl methyl sites for hydroxylation is 1. The van der Waals surface area contributed by atoms with Crippen molar-refractivity contribution in [1.29, 1.82) is 0 Å². The number of carbonyl (C=O) groups excluding carboxylic acids is 1. The minimum atomic E-state index is -0.814. The van der Waals surface area contributed by atoms with E-state index in [-0.39, 0.29) is 12.3 Å². The van der Waals surface area contributed by atoms with Crippen LogP contribution in [0, 0.1) is 0 Å². The topological polar surface area (TPSA) is 70.8 Å². The minimum Gasteiger partial charge on any atom is -0.481 e. The van der Waals surface area contributed by atoms with Crippen LogP contribution in [-0.4, -0.2) is 28.9 Å². The Morgan fingerprint density at radius 1 is 1.12 bits per heavy atom. The summed E-state index contributed by atoms with van der Waals surface area (Å²) in [6.07, 6.45) is 4.65. The van der Waals surface area contributed by atoms with Gasteiger partial charge < -0.3 is 14.4 Å². The van der Waals surface area contributed by atoms with Crippen LogP contribution in [0.1, 0.15) is 56.8 Å². The van der Waals surface area contributed by atoms with Crippen molar-refractivity contribution in [2.75, 3.05) is 7.05 Å². The molecular formula is C20H27NO4. The lowest BCUT2D eigenvalue weighted by atomic mass is 10.1. The minimum absolute atomic E-state index is 0.0390. The molecular weight excluding hydrogens is 318 g/mol. The summed E-state index contributed by atoms with van der Waals surface area (Å²) in [7, 11) is 1.80. The highest BCUT2D eigenvalue weighted by molar-refractivity contribution is 5.83. The van der Waals surface area contributed by atoms with Crippen LogP contribution in [0.4, 0.5) is 0 Å². The van der Waals surface area contributed by atoms with Crippen LogP contribution in [0.3, 0.4) is 0 Å². The Balaban J connectivity index is 2.04. The molecule has 0 saturated heterocycles. The van der Waals surface area contributed by atoms with E-state index in [1.165, 1.54) is 0 Å². The number of benzene rings is 1. The van der Waals surface area contributed by atoms with Gasteiger partial charge in [-0.3, -0.25) is 9.59 Å². The maximum Gasteiger partial charge on any atom is 0.303 e. The molecule has 136 valence electrons. The predicted octanol–water partition coefficient (Wildman–Crippen LogP) is 4.38. The first kappa shape index (κ1) is 19.0. The number of rotatable bonds is 10. The van der Waals surface area contributed by atoms with Crippen LogP contribution in [0.5, 0.6) is 0 Å². The van der Waals surface area contributed by atoms with Crippen molar-refractivity contribution in [3.8, 4) is 0 Å². The van der Waals surface area contributed by atoms with Crippen LogP contribution >= 0.6 is 0 Å². The van der Waals surface area contributed by atoms with Crippen molar-refractivity contribution >= 4 is 22.8 Å². The van der Waals surface area contributed by atoms with Gasteiger partial charge in [-0.25, -0.2) is 0 Å². The highest BCUT2D eigenvalue weighted by atomic mass is 16.4. The lowest BCUT2D eigenvalue weighted by Crippen LogP contribution is -2.26. The SMILES string of the molecule is CCCCc1oc2ccccc2c1CN(C)C(=O)CCCCC(=O)O. The summed E-state index contributed by atoms with van der Waals surface area (Å²) in [5.41, 5.74) is 1.95. The summed E-state index contributed by atoms with van der Waals surface area (Å²) in [5, 5.41) is 9.72. The molecule has 0 atom stereocenters. The second kappa shape index (κ2) is 9.25. The van der Waals surface area contributed by atoms with Gasteiger partial charge in [0.15, 0.2) is 0 Å². The Morgan fingerprint density at radius 3 is 2.56 bits per heavy atom. The molecule has 2 aromatic rings. The van der Waals surface area contributed by atoms with Crippen molar-refractivity contribution in [3.63, 3.8) is 0 Å². The third-order valence-electron chi connectivity index (χ3n) is 4.39. The zero-order chi connectivity index (χ0) is 18.2. The molecule has 0 aliphatic carbocycles. The molecule has 1 aromatic heterocycles. The molecule has 0 aliphatic heterocycles. The van der Waals surface area contributed by atoms with E-state index in [9.17, 15) is 9.59 Å². The van der Waals surface area contributed by atoms with Crippen LogP contribution in [0.25, 0.3) is 11.0 Å². The van der Waals surface area contributed by atoms with Gasteiger partial charge in [-0.1, -0.05) is 31.5 Å². The number of nitrogens with zero attached hydrogens (tertiary/aromatic N) is 1. The van der Waals surface area contributed by atoms with Gasteiger partial charge in [0.1, 0.15) is 11.3 Å². The van der Waals surface area contributed by atoms with Crippen molar-refractivity contribution in [1.82, 2.24) is 4.90 Å². The van der Waals surface area contributed by atoms with E-state index >= 15 is 0 Å². The van der Waals surface area contributed by atoms with E-state index in [1.807, 2.05) is 24.3 Å². The molecule has 1 aromatic carbocycles. The Bertz CT molecular complexity index is 720. The summed E-state index contributed by atoms with van der Waals surface area (Å²) >= 11 is 0. The Morgan fingerprint density at radius 2 is 1.84 bits per heavy atom. The van der Waals surface area contributed by atoms with E-state index in [4.69, 9.17) is 9.52 Å². The molecule has 5 heteroatoms. The molecule has 0 radical (unpaired) electrons. The van der Waals surface area contributed by atoms with Gasteiger partial charge in [-0.15, -0.1) is 0 Å². The zero-order valence-corrected chi connectivity index (χ0v) is 15.1. The van der Waals surface area contributed by atoms with Gasteiger partial charge in [0.2, 0.25) is 5.91 Å². The lowest BCUT2D eigenvalue weighted by Gasteiger charge is -2.17. The van der Waals surface area contributed by atoms with Crippen molar-refractivity contribution in [2.45, 2.75) is 58.4 Å². The number of hydrogen-bond acceptors (Lipinski definition) is 3. The second-order valence-electron chi connectivity index (χ2n) is 6.45. The molecule has 1 heterocycles. The van der Waals surface area contributed by atoms with Crippen LogP contribution in [0.15, 0.2) is 28.7 Å². The Labute approximate surface area is 148 Å². The molecule has 0 saturated carbocycles. The van der Waals surface area contributed by atoms with Gasteiger partial charge in [-0.2, -0.15) is 0 Å². The number of amides is 1. The second-order valence-corrected chi connectivity index (χ2v) is 6.45. The third-order valence-corrected chi connectivity index (χ3v) is 4.39. The number of carboxylic acid groups (broad SMARTS) is 1. The van der Waals surface area contributed by atoms with Crippen LogP contribution in [-0.2, 0) is 22.6 Å². The van der Waals surface area contributed by atoms with Crippen LogP contribution in [0.2, 0.25) is 0 Å². The molecule has 0 bridgehead atoms. The first-order valence-electron chi connectivity index (χ1n) is 8.98. The predicted molar refractivity (Wildman–Crippen MR) is 97.4 cm³/mol. The maximum atomic E-state index is 12.3. The third kappa shape index (κ3) is 5.34. The summed E-state index contributed by atoms with van der Waals surface area (Å²) in [5.74, 6) is 0.192. The zero-order valence-electron chi connectivity index (χ0n) is 15.1. The quantitative estimate of drug-likeness (QED) is 0.649. The van der Waals surface area contributed by atoms with Gasteiger partial charge in [-0.05, 0) is 25.3 Å². The molecule has 0 aliphatic rings. The van der Waals surface area contributed by atoms with Gasteiger partial charge in [0.25, 0.3) is 0 Å². The summed E-state index contributed by atoms with van der Waals surface area (Å²) in [6.45, 7) is 2.67. The number of aliphatic carboxylic acids is 1. The largest absolute Gasteiger partial charge is 0.481 e. The van der Waals surface area contributed by atoms with E-state index in [2.05, 4.69) is 6.92 Å². The first-order chi connectivity index (χ1) is 12.0. The molecule has 1 amide bonds. The van der Waals surface area contributed by atoms with E-state index in [0.717, 1.165) is 41.6 Å². The molecule has 0 spiro atoms. The molecule has 0 unspecified atom stereocenters. The van der Waals surface area contributed by atoms with Crippen molar-refractivity contribution in [3.05, 3.63) is 35.6 Å². The number of furan rings is 1. The first-order valence-corrected chi connectivity index (χ1v) is 8.98. The van der Waals surface area contributed by atoms with E-state index < -0.39 is 5.97 Å². The molecule has 25 heavy (non-hydrogen) atoms. The fourth-order valence-electron chi connectivity index (χ4n) is 2.93. The average Bonchev–Trinajstić information content (AvgIpc) is 2.94. The monoisotopic (exact) mass is 345 g/mol. The van der Waals surface area contributed by atoms with Crippen molar-refractivity contribution < 1.29 is 19.1 Å². The van der Waals surface area contributed by atoms with Crippen molar-refractivity contribution in [2.24, 2.45) is 0 Å². The Kier molecular flexibility index (Phi) is 7.04. The van der Waals surface area contributed by atoms with E-state index in [1.54, 1.807) is 11.9 Å². The summed E-state index contributed by atoms with van der Waals surface area (Å²) < 4.78 is 6.00.